The lowest BCUT2D eigenvalue weighted by molar-refractivity contribution is 0.0953. The second-order valence-corrected chi connectivity index (χ2v) is 6.06. The van der Waals surface area contributed by atoms with Crippen molar-refractivity contribution in [1.29, 1.82) is 0 Å². The highest BCUT2D eigenvalue weighted by Crippen LogP contribution is 2.28. The minimum Gasteiger partial charge on any atom is -0.496 e. The van der Waals surface area contributed by atoms with E-state index in [0.29, 0.717) is 12.1 Å². The van der Waals surface area contributed by atoms with Crippen LogP contribution in [0.25, 0.3) is 10.8 Å². The molecule has 0 radical (unpaired) electrons. The Balaban J connectivity index is 1.60. The van der Waals surface area contributed by atoms with Crippen molar-refractivity contribution in [2.24, 2.45) is 0 Å². The second-order valence-electron chi connectivity index (χ2n) is 6.06. The van der Waals surface area contributed by atoms with Crippen molar-refractivity contribution < 1.29 is 9.53 Å². The van der Waals surface area contributed by atoms with E-state index in [1.165, 1.54) is 0 Å². The first kappa shape index (κ1) is 16.7. The molecule has 0 bridgehead atoms. The SMILES string of the molecule is COc1ccc(C(=O)NCCCN2CCNCC2)c2ccccc12. The van der Waals surface area contributed by atoms with Gasteiger partial charge in [-0.05, 0) is 30.5 Å². The van der Waals surface area contributed by atoms with E-state index >= 15 is 0 Å². The number of hydrogen-bond donors (Lipinski definition) is 2. The topological polar surface area (TPSA) is 53.6 Å². The van der Waals surface area contributed by atoms with E-state index in [4.69, 9.17) is 4.74 Å². The van der Waals surface area contributed by atoms with E-state index in [9.17, 15) is 4.79 Å². The van der Waals surface area contributed by atoms with Crippen molar-refractivity contribution in [2.75, 3.05) is 46.4 Å². The summed E-state index contributed by atoms with van der Waals surface area (Å²) in [5.41, 5.74) is 0.702. The third-order valence-corrected chi connectivity index (χ3v) is 4.49. The molecule has 3 rings (SSSR count). The fourth-order valence-electron chi connectivity index (χ4n) is 3.18. The van der Waals surface area contributed by atoms with Crippen LogP contribution in [0.4, 0.5) is 0 Å². The lowest BCUT2D eigenvalue weighted by atomic mass is 10.0. The predicted octanol–water partition coefficient (Wildman–Crippen LogP) is 1.87. The molecule has 0 atom stereocenters. The zero-order chi connectivity index (χ0) is 16.8. The van der Waals surface area contributed by atoms with Crippen LogP contribution in [0, 0.1) is 0 Å². The van der Waals surface area contributed by atoms with Crippen LogP contribution in [0.2, 0.25) is 0 Å². The fraction of sp³-hybridized carbons (Fsp3) is 0.421. The predicted molar refractivity (Wildman–Crippen MR) is 96.8 cm³/mol. The maximum absolute atomic E-state index is 12.5. The van der Waals surface area contributed by atoms with Gasteiger partial charge in [0, 0.05) is 43.7 Å². The van der Waals surface area contributed by atoms with Gasteiger partial charge in [0.25, 0.3) is 5.91 Å². The number of methoxy groups -OCH3 is 1. The minimum atomic E-state index is -0.0193. The van der Waals surface area contributed by atoms with E-state index in [0.717, 1.165) is 55.7 Å². The number of hydrogen-bond acceptors (Lipinski definition) is 4. The molecule has 1 aliphatic heterocycles. The van der Waals surface area contributed by atoms with Gasteiger partial charge < -0.3 is 20.3 Å². The summed E-state index contributed by atoms with van der Waals surface area (Å²) >= 11 is 0. The summed E-state index contributed by atoms with van der Waals surface area (Å²) in [6.45, 7) is 6.04. The van der Waals surface area contributed by atoms with Gasteiger partial charge in [-0.2, -0.15) is 0 Å². The lowest BCUT2D eigenvalue weighted by Crippen LogP contribution is -2.44. The lowest BCUT2D eigenvalue weighted by Gasteiger charge is -2.27. The Bertz CT molecular complexity index is 696. The summed E-state index contributed by atoms with van der Waals surface area (Å²) < 4.78 is 5.39. The van der Waals surface area contributed by atoms with Crippen molar-refractivity contribution in [3.05, 3.63) is 42.0 Å². The Labute approximate surface area is 143 Å². The molecule has 0 aliphatic carbocycles. The van der Waals surface area contributed by atoms with Crippen molar-refractivity contribution in [3.8, 4) is 5.75 Å². The number of nitrogens with zero attached hydrogens (tertiary/aromatic N) is 1. The Morgan fingerprint density at radius 1 is 1.17 bits per heavy atom. The van der Waals surface area contributed by atoms with Crippen LogP contribution >= 0.6 is 0 Å². The number of piperazine rings is 1. The molecular weight excluding hydrogens is 302 g/mol. The van der Waals surface area contributed by atoms with Crippen LogP contribution in [0.3, 0.4) is 0 Å². The van der Waals surface area contributed by atoms with Crippen molar-refractivity contribution in [3.63, 3.8) is 0 Å². The van der Waals surface area contributed by atoms with Gasteiger partial charge in [0.1, 0.15) is 5.75 Å². The molecule has 1 amide bonds. The molecule has 2 N–H and O–H groups in total. The number of carbonyl (C=O) groups is 1. The zero-order valence-corrected chi connectivity index (χ0v) is 14.2. The smallest absolute Gasteiger partial charge is 0.251 e. The number of benzene rings is 2. The molecule has 1 saturated heterocycles. The maximum atomic E-state index is 12.5. The molecule has 0 unspecified atom stereocenters. The summed E-state index contributed by atoms with van der Waals surface area (Å²) in [7, 11) is 1.65. The van der Waals surface area contributed by atoms with Gasteiger partial charge in [-0.3, -0.25) is 4.79 Å². The van der Waals surface area contributed by atoms with Crippen LogP contribution in [-0.2, 0) is 0 Å². The van der Waals surface area contributed by atoms with Crippen molar-refractivity contribution in [1.82, 2.24) is 15.5 Å². The third-order valence-electron chi connectivity index (χ3n) is 4.49. The molecule has 128 valence electrons. The fourth-order valence-corrected chi connectivity index (χ4v) is 3.18. The van der Waals surface area contributed by atoms with E-state index in [-0.39, 0.29) is 5.91 Å². The Kier molecular flexibility index (Phi) is 5.67. The average Bonchev–Trinajstić information content (AvgIpc) is 2.65. The quantitative estimate of drug-likeness (QED) is 0.796. The van der Waals surface area contributed by atoms with Gasteiger partial charge in [-0.1, -0.05) is 24.3 Å². The number of carbonyl (C=O) groups excluding carboxylic acids is 1. The molecule has 5 nitrogen and oxygen atoms in total. The number of nitrogens with one attached hydrogen (secondary N) is 2. The van der Waals surface area contributed by atoms with E-state index < -0.39 is 0 Å². The molecule has 5 heteroatoms. The average molecular weight is 327 g/mol. The highest BCUT2D eigenvalue weighted by Gasteiger charge is 2.13. The molecule has 24 heavy (non-hydrogen) atoms. The van der Waals surface area contributed by atoms with Gasteiger partial charge >= 0.3 is 0 Å². The molecule has 2 aromatic carbocycles. The summed E-state index contributed by atoms with van der Waals surface area (Å²) in [6.07, 6.45) is 0.972. The highest BCUT2D eigenvalue weighted by molar-refractivity contribution is 6.08. The first-order chi connectivity index (χ1) is 11.8. The Hall–Kier alpha value is -2.11. The molecule has 1 aliphatic rings. The maximum Gasteiger partial charge on any atom is 0.251 e. The molecule has 0 saturated carbocycles. The standard InChI is InChI=1S/C19H25N3O2/c1-24-18-8-7-17(15-5-2-3-6-16(15)18)19(23)21-9-4-12-22-13-10-20-11-14-22/h2-3,5-8,20H,4,9-14H2,1H3,(H,21,23). The summed E-state index contributed by atoms with van der Waals surface area (Å²) in [4.78, 5) is 15.0. The van der Waals surface area contributed by atoms with Crippen molar-refractivity contribution >= 4 is 16.7 Å². The van der Waals surface area contributed by atoms with Crippen molar-refractivity contribution in [2.45, 2.75) is 6.42 Å². The number of rotatable bonds is 6. The van der Waals surface area contributed by atoms with Crippen LogP contribution in [0.15, 0.2) is 36.4 Å². The number of fused-ring (bicyclic) bond motifs is 1. The van der Waals surface area contributed by atoms with Gasteiger partial charge in [-0.25, -0.2) is 0 Å². The van der Waals surface area contributed by atoms with E-state index in [2.05, 4.69) is 15.5 Å². The molecule has 1 fully saturated rings. The monoisotopic (exact) mass is 327 g/mol. The normalized spacial score (nSPS) is 15.4. The zero-order valence-electron chi connectivity index (χ0n) is 14.2. The molecule has 2 aromatic rings. The minimum absolute atomic E-state index is 0.0193. The van der Waals surface area contributed by atoms with Gasteiger partial charge in [-0.15, -0.1) is 0 Å². The van der Waals surface area contributed by atoms with Crippen LogP contribution < -0.4 is 15.4 Å². The first-order valence-electron chi connectivity index (χ1n) is 8.56. The van der Waals surface area contributed by atoms with E-state index in [1.807, 2.05) is 36.4 Å². The highest BCUT2D eigenvalue weighted by atomic mass is 16.5. The van der Waals surface area contributed by atoms with Crippen LogP contribution in [0.1, 0.15) is 16.8 Å². The molecule has 1 heterocycles. The number of amides is 1. The second kappa shape index (κ2) is 8.13. The summed E-state index contributed by atoms with van der Waals surface area (Å²) in [5, 5.41) is 8.29. The third kappa shape index (κ3) is 3.86. The Morgan fingerprint density at radius 2 is 1.92 bits per heavy atom. The van der Waals surface area contributed by atoms with E-state index in [1.54, 1.807) is 7.11 Å². The van der Waals surface area contributed by atoms with Gasteiger partial charge in [0.15, 0.2) is 0 Å². The largest absolute Gasteiger partial charge is 0.496 e. The van der Waals surface area contributed by atoms with Crippen LogP contribution in [0.5, 0.6) is 5.75 Å². The number of ether oxygens (including phenoxy) is 1. The molecule has 0 spiro atoms. The Morgan fingerprint density at radius 3 is 2.67 bits per heavy atom. The molecule has 0 aromatic heterocycles. The van der Waals surface area contributed by atoms with Gasteiger partial charge in [0.05, 0.1) is 7.11 Å². The summed E-state index contributed by atoms with van der Waals surface area (Å²) in [5.74, 6) is 0.773. The van der Waals surface area contributed by atoms with Crippen LogP contribution in [-0.4, -0.2) is 57.2 Å². The first-order valence-corrected chi connectivity index (χ1v) is 8.56. The van der Waals surface area contributed by atoms with Gasteiger partial charge in [0.2, 0.25) is 0 Å². The molecular formula is C19H25N3O2. The summed E-state index contributed by atoms with van der Waals surface area (Å²) in [6, 6.07) is 11.6.